The predicted molar refractivity (Wildman–Crippen MR) is 63.4 cm³/mol. The maximum absolute atomic E-state index is 3.60. The molecular weight excluding hydrogens is 418 g/mol. The molecule has 17 heavy (non-hydrogen) atoms. The van der Waals surface area contributed by atoms with Crippen molar-refractivity contribution in [2.45, 2.75) is 32.6 Å². The van der Waals surface area contributed by atoms with Gasteiger partial charge in [0.2, 0.25) is 0 Å². The topological polar surface area (TPSA) is 0 Å². The SMILES string of the molecule is [C-]1=CC=CC1.[C-]1=CC=CC1.[CH2-]CCC.[Cl-].[Cl-].[Hf]. The summed E-state index contributed by atoms with van der Waals surface area (Å²) in [5.41, 5.74) is 0. The summed E-state index contributed by atoms with van der Waals surface area (Å²) in [5, 5.41) is 0. The molecule has 0 spiro atoms. The smallest absolute Gasteiger partial charge is 0 e. The van der Waals surface area contributed by atoms with Crippen LogP contribution in [0.25, 0.3) is 0 Å². The Morgan fingerprint density at radius 2 is 1.35 bits per heavy atom. The molecule has 0 fully saturated rings. The van der Waals surface area contributed by atoms with Gasteiger partial charge in [0.1, 0.15) is 0 Å². The third-order valence-corrected chi connectivity index (χ3v) is 1.53. The molecule has 98 valence electrons. The maximum Gasteiger partial charge on any atom is 0 e. The average molecular weight is 437 g/mol. The van der Waals surface area contributed by atoms with Crippen LogP contribution < -0.4 is 24.8 Å². The van der Waals surface area contributed by atoms with Crippen LogP contribution in [0.4, 0.5) is 0 Å². The fourth-order valence-corrected chi connectivity index (χ4v) is 0.680. The molecule has 0 amide bonds. The van der Waals surface area contributed by atoms with Crippen molar-refractivity contribution in [1.82, 2.24) is 0 Å². The molecule has 0 atom stereocenters. The number of hydrogen-bond acceptors (Lipinski definition) is 0. The fraction of sp³-hybridized carbons (Fsp3) is 0.357. The minimum absolute atomic E-state index is 0. The number of hydrogen-bond donors (Lipinski definition) is 0. The van der Waals surface area contributed by atoms with Crippen LogP contribution >= 0.6 is 0 Å². The molecule has 0 bridgehead atoms. The van der Waals surface area contributed by atoms with Crippen molar-refractivity contribution in [3.8, 4) is 0 Å². The van der Waals surface area contributed by atoms with Crippen LogP contribution in [0.15, 0.2) is 36.5 Å². The summed E-state index contributed by atoms with van der Waals surface area (Å²) in [6.07, 6.45) is 22.3. The molecule has 2 aliphatic carbocycles. The van der Waals surface area contributed by atoms with Crippen molar-refractivity contribution in [2.24, 2.45) is 0 Å². The monoisotopic (exact) mass is 437 g/mol. The van der Waals surface area contributed by atoms with E-state index >= 15 is 0 Å². The summed E-state index contributed by atoms with van der Waals surface area (Å²) in [6, 6.07) is 0. The van der Waals surface area contributed by atoms with E-state index in [1.807, 2.05) is 24.3 Å². The first kappa shape index (κ1) is 26.1. The van der Waals surface area contributed by atoms with Gasteiger partial charge in [-0.15, -0.1) is 12.8 Å². The summed E-state index contributed by atoms with van der Waals surface area (Å²) < 4.78 is 0. The van der Waals surface area contributed by atoms with Crippen molar-refractivity contribution in [3.05, 3.63) is 55.5 Å². The van der Waals surface area contributed by atoms with Gasteiger partial charge >= 0.3 is 0 Å². The van der Waals surface area contributed by atoms with E-state index in [-0.39, 0.29) is 50.7 Å². The summed E-state index contributed by atoms with van der Waals surface area (Å²) in [6.45, 7) is 5.72. The zero-order chi connectivity index (χ0) is 10.5. The van der Waals surface area contributed by atoms with Crippen molar-refractivity contribution in [2.75, 3.05) is 0 Å². The average Bonchev–Trinajstić information content (AvgIpc) is 2.94. The number of rotatable bonds is 1. The van der Waals surface area contributed by atoms with E-state index in [9.17, 15) is 0 Å². The summed E-state index contributed by atoms with van der Waals surface area (Å²) in [4.78, 5) is 0. The van der Waals surface area contributed by atoms with Gasteiger partial charge < -0.3 is 31.7 Å². The van der Waals surface area contributed by atoms with Crippen molar-refractivity contribution >= 4 is 0 Å². The molecule has 0 N–H and O–H groups in total. The van der Waals surface area contributed by atoms with Gasteiger partial charge in [-0.2, -0.15) is 18.6 Å². The van der Waals surface area contributed by atoms with Gasteiger partial charge in [-0.1, -0.05) is 13.3 Å². The van der Waals surface area contributed by atoms with Crippen molar-refractivity contribution in [3.63, 3.8) is 0 Å². The Hall–Kier alpha value is 0.410. The number of halogens is 2. The van der Waals surface area contributed by atoms with Crippen LogP contribution in [-0.2, 0) is 25.8 Å². The van der Waals surface area contributed by atoms with E-state index in [0.29, 0.717) is 0 Å². The van der Waals surface area contributed by atoms with Crippen molar-refractivity contribution in [1.29, 1.82) is 0 Å². The normalized spacial score (nSPS) is 12.1. The van der Waals surface area contributed by atoms with Gasteiger partial charge in [-0.3, -0.25) is 12.2 Å². The quantitative estimate of drug-likeness (QED) is 0.337. The Labute approximate surface area is 138 Å². The minimum Gasteiger partial charge on any atom is -1.00 e. The van der Waals surface area contributed by atoms with Gasteiger partial charge in [0, 0.05) is 25.8 Å². The zero-order valence-corrected chi connectivity index (χ0v) is 15.4. The molecule has 0 aliphatic heterocycles. The van der Waals surface area contributed by atoms with Gasteiger partial charge in [0.25, 0.3) is 0 Å². The second kappa shape index (κ2) is 25.3. The Kier molecular flexibility index (Phi) is 38.8. The summed E-state index contributed by atoms with van der Waals surface area (Å²) in [5.74, 6) is 0. The predicted octanol–water partition coefficient (Wildman–Crippen LogP) is -1.76. The fourth-order valence-electron chi connectivity index (χ4n) is 0.680. The van der Waals surface area contributed by atoms with Crippen molar-refractivity contribution < 1.29 is 50.7 Å². The molecule has 0 nitrogen and oxygen atoms in total. The molecular formula is C14H19Cl2Hf-5. The Bertz CT molecular complexity index is 174. The zero-order valence-electron chi connectivity index (χ0n) is 10.3. The van der Waals surface area contributed by atoms with Crippen LogP contribution in [0.3, 0.4) is 0 Å². The molecule has 0 aromatic heterocycles. The van der Waals surface area contributed by atoms with Crippen LogP contribution in [0, 0.1) is 19.1 Å². The molecule has 0 unspecified atom stereocenters. The molecule has 0 saturated heterocycles. The first-order valence-electron chi connectivity index (χ1n) is 5.14. The number of unbranched alkanes of at least 4 members (excludes halogenated alkanes) is 1. The Balaban J connectivity index is -0.0000000692. The second-order valence-electron chi connectivity index (χ2n) is 2.86. The molecule has 0 aromatic carbocycles. The van der Waals surface area contributed by atoms with Crippen LogP contribution in [0.2, 0.25) is 0 Å². The van der Waals surface area contributed by atoms with E-state index in [0.717, 1.165) is 19.3 Å². The van der Waals surface area contributed by atoms with E-state index in [1.165, 1.54) is 6.42 Å². The minimum atomic E-state index is 0. The standard InChI is InChI=1S/2C5H5.C4H9.2ClH.Hf/c2*1-2-4-5-3-1;1-3-4-2;;;/h2*1-3H,4H2;1,3-4H2,2H3;2*1H;/q3*-1;;;/p-2. The number of allylic oxidation sites excluding steroid dienone is 8. The molecule has 3 heteroatoms. The third-order valence-electron chi connectivity index (χ3n) is 1.53. The largest absolute Gasteiger partial charge is 1.00 e. The Morgan fingerprint density at radius 3 is 1.41 bits per heavy atom. The molecule has 0 radical (unpaired) electrons. The van der Waals surface area contributed by atoms with E-state index in [1.54, 1.807) is 0 Å². The Morgan fingerprint density at radius 1 is 1.00 bits per heavy atom. The molecule has 0 saturated carbocycles. The third kappa shape index (κ3) is 26.2. The molecule has 0 aromatic rings. The van der Waals surface area contributed by atoms with Crippen LogP contribution in [0.1, 0.15) is 32.6 Å². The first-order chi connectivity index (χ1) is 6.91. The maximum atomic E-state index is 3.60. The van der Waals surface area contributed by atoms with Gasteiger partial charge in [-0.25, -0.2) is 24.3 Å². The first-order valence-corrected chi connectivity index (χ1v) is 5.14. The molecule has 2 rings (SSSR count). The van der Waals surface area contributed by atoms with E-state index < -0.39 is 0 Å². The van der Waals surface area contributed by atoms with E-state index in [4.69, 9.17) is 0 Å². The van der Waals surface area contributed by atoms with Gasteiger partial charge in [0.05, 0.1) is 0 Å². The summed E-state index contributed by atoms with van der Waals surface area (Å²) >= 11 is 0. The van der Waals surface area contributed by atoms with Gasteiger partial charge in [0.15, 0.2) is 0 Å². The van der Waals surface area contributed by atoms with Gasteiger partial charge in [-0.05, 0) is 0 Å². The van der Waals surface area contributed by atoms with E-state index in [2.05, 4.69) is 38.2 Å². The molecule has 2 aliphatic rings. The second-order valence-corrected chi connectivity index (χ2v) is 2.86. The van der Waals surface area contributed by atoms with Crippen LogP contribution in [0.5, 0.6) is 0 Å². The van der Waals surface area contributed by atoms with Crippen LogP contribution in [-0.4, -0.2) is 0 Å². The summed E-state index contributed by atoms with van der Waals surface area (Å²) in [7, 11) is 0. The molecule has 0 heterocycles.